The maximum atomic E-state index is 12.3. The molecule has 20 heavy (non-hydrogen) atoms. The SMILES string of the molecule is N#Cc1ccc(Cl)cc1S(=O)(=O)Nc1cc(Br)ccn1. The first kappa shape index (κ1) is 14.8. The molecular formula is C12H7BrClN3O2S. The summed E-state index contributed by atoms with van der Waals surface area (Å²) < 4.78 is 27.5. The van der Waals surface area contributed by atoms with Crippen molar-refractivity contribution >= 4 is 43.4 Å². The van der Waals surface area contributed by atoms with E-state index in [1.165, 1.54) is 30.5 Å². The zero-order chi connectivity index (χ0) is 14.8. The predicted molar refractivity (Wildman–Crippen MR) is 78.9 cm³/mol. The first-order chi connectivity index (χ1) is 9.42. The second-order valence-corrected chi connectivity index (χ2v) is 6.72. The molecule has 0 amide bonds. The highest BCUT2D eigenvalue weighted by Gasteiger charge is 2.20. The number of halogens is 2. The van der Waals surface area contributed by atoms with Crippen LogP contribution in [0, 0.1) is 11.3 Å². The van der Waals surface area contributed by atoms with Crippen LogP contribution in [0.2, 0.25) is 5.02 Å². The molecular weight excluding hydrogens is 366 g/mol. The molecule has 0 bridgehead atoms. The second kappa shape index (κ2) is 5.79. The molecule has 2 rings (SSSR count). The Morgan fingerprint density at radius 1 is 1.30 bits per heavy atom. The van der Waals surface area contributed by atoms with Gasteiger partial charge in [0.05, 0.1) is 5.56 Å². The normalized spacial score (nSPS) is 10.8. The molecule has 0 aliphatic rings. The van der Waals surface area contributed by atoms with Crippen LogP contribution in [0.3, 0.4) is 0 Å². The molecule has 1 aromatic heterocycles. The molecule has 1 heterocycles. The minimum atomic E-state index is -3.94. The largest absolute Gasteiger partial charge is 0.264 e. The van der Waals surface area contributed by atoms with E-state index in [0.29, 0.717) is 4.47 Å². The Kier molecular flexibility index (Phi) is 4.28. The molecule has 0 fully saturated rings. The summed E-state index contributed by atoms with van der Waals surface area (Å²) in [4.78, 5) is 3.71. The van der Waals surface area contributed by atoms with Crippen LogP contribution in [0.5, 0.6) is 0 Å². The molecule has 0 atom stereocenters. The quantitative estimate of drug-likeness (QED) is 0.897. The van der Waals surface area contributed by atoms with Crippen LogP contribution in [0.1, 0.15) is 5.56 Å². The van der Waals surface area contributed by atoms with E-state index in [1.54, 1.807) is 6.07 Å². The van der Waals surface area contributed by atoms with Gasteiger partial charge >= 0.3 is 0 Å². The first-order valence-corrected chi connectivity index (χ1v) is 7.92. The topological polar surface area (TPSA) is 82.8 Å². The summed E-state index contributed by atoms with van der Waals surface area (Å²) in [6.07, 6.45) is 1.45. The van der Waals surface area contributed by atoms with Gasteiger partial charge in [-0.15, -0.1) is 0 Å². The van der Waals surface area contributed by atoms with Crippen molar-refractivity contribution < 1.29 is 8.42 Å². The first-order valence-electron chi connectivity index (χ1n) is 5.26. The second-order valence-electron chi connectivity index (χ2n) is 3.72. The van der Waals surface area contributed by atoms with Gasteiger partial charge in [-0.3, -0.25) is 4.72 Å². The number of rotatable bonds is 3. The number of sulfonamides is 1. The van der Waals surface area contributed by atoms with E-state index in [1.807, 2.05) is 6.07 Å². The molecule has 0 saturated carbocycles. The number of hydrogen-bond acceptors (Lipinski definition) is 4. The Morgan fingerprint density at radius 2 is 2.05 bits per heavy atom. The van der Waals surface area contributed by atoms with Crippen molar-refractivity contribution in [3.05, 3.63) is 51.6 Å². The molecule has 0 radical (unpaired) electrons. The zero-order valence-corrected chi connectivity index (χ0v) is 13.0. The standard InChI is InChI=1S/C12H7BrClN3O2S/c13-9-3-4-16-12(5-9)17-20(18,19)11-6-10(14)2-1-8(11)7-15/h1-6H,(H,16,17). The molecule has 0 aliphatic heterocycles. The highest BCUT2D eigenvalue weighted by atomic mass is 79.9. The highest BCUT2D eigenvalue weighted by Crippen LogP contribution is 2.23. The lowest BCUT2D eigenvalue weighted by molar-refractivity contribution is 0.601. The monoisotopic (exact) mass is 371 g/mol. The van der Waals surface area contributed by atoms with E-state index < -0.39 is 10.0 Å². The fourth-order valence-electron chi connectivity index (χ4n) is 1.46. The Morgan fingerprint density at radius 3 is 2.70 bits per heavy atom. The number of benzene rings is 1. The fraction of sp³-hybridized carbons (Fsp3) is 0. The Labute approximate surface area is 129 Å². The van der Waals surface area contributed by atoms with Gasteiger partial charge < -0.3 is 0 Å². The molecule has 5 nitrogen and oxygen atoms in total. The lowest BCUT2D eigenvalue weighted by Crippen LogP contribution is -2.15. The number of anilines is 1. The Balaban J connectivity index is 2.46. The molecule has 0 spiro atoms. The van der Waals surface area contributed by atoms with Gasteiger partial charge in [-0.1, -0.05) is 27.5 Å². The number of nitrogens with zero attached hydrogens (tertiary/aromatic N) is 2. The van der Waals surface area contributed by atoms with Gasteiger partial charge in [0.1, 0.15) is 16.8 Å². The van der Waals surface area contributed by atoms with Crippen LogP contribution >= 0.6 is 27.5 Å². The van der Waals surface area contributed by atoms with Crippen molar-refractivity contribution in [2.45, 2.75) is 4.90 Å². The maximum absolute atomic E-state index is 12.3. The number of pyridine rings is 1. The molecule has 0 saturated heterocycles. The summed E-state index contributed by atoms with van der Waals surface area (Å²) in [6.45, 7) is 0. The summed E-state index contributed by atoms with van der Waals surface area (Å²) in [5, 5.41) is 9.20. The van der Waals surface area contributed by atoms with Gasteiger partial charge in [0.25, 0.3) is 10.0 Å². The van der Waals surface area contributed by atoms with Gasteiger partial charge in [-0.2, -0.15) is 5.26 Å². The van der Waals surface area contributed by atoms with E-state index >= 15 is 0 Å². The molecule has 0 unspecified atom stereocenters. The van der Waals surface area contributed by atoms with Crippen molar-refractivity contribution in [3.63, 3.8) is 0 Å². The van der Waals surface area contributed by atoms with Crippen LogP contribution in [-0.2, 0) is 10.0 Å². The predicted octanol–water partition coefficient (Wildman–Crippen LogP) is 3.17. The number of nitrogens with one attached hydrogen (secondary N) is 1. The van der Waals surface area contributed by atoms with E-state index in [4.69, 9.17) is 16.9 Å². The van der Waals surface area contributed by atoms with E-state index in [9.17, 15) is 8.42 Å². The minimum absolute atomic E-state index is 0.0110. The lowest BCUT2D eigenvalue weighted by atomic mass is 10.2. The van der Waals surface area contributed by atoms with Crippen LogP contribution in [-0.4, -0.2) is 13.4 Å². The van der Waals surface area contributed by atoms with Crippen molar-refractivity contribution in [1.82, 2.24) is 4.98 Å². The fourth-order valence-corrected chi connectivity index (χ4v) is 3.22. The molecule has 0 aliphatic carbocycles. The van der Waals surface area contributed by atoms with Crippen LogP contribution < -0.4 is 4.72 Å². The van der Waals surface area contributed by atoms with Crippen LogP contribution in [0.25, 0.3) is 0 Å². The van der Waals surface area contributed by atoms with Crippen molar-refractivity contribution in [3.8, 4) is 6.07 Å². The van der Waals surface area contributed by atoms with Crippen LogP contribution in [0.15, 0.2) is 45.9 Å². The third-order valence-corrected chi connectivity index (χ3v) is 4.44. The van der Waals surface area contributed by atoms with E-state index in [-0.39, 0.29) is 21.3 Å². The average Bonchev–Trinajstić information content (AvgIpc) is 2.38. The summed E-state index contributed by atoms with van der Waals surface area (Å²) >= 11 is 9.00. The third-order valence-electron chi connectivity index (χ3n) is 2.31. The van der Waals surface area contributed by atoms with Crippen LogP contribution in [0.4, 0.5) is 5.82 Å². The summed E-state index contributed by atoms with van der Waals surface area (Å²) in [5.41, 5.74) is 0.0110. The summed E-state index contributed by atoms with van der Waals surface area (Å²) in [6, 6.07) is 9.02. The Hall–Kier alpha value is -1.62. The van der Waals surface area contributed by atoms with Gasteiger partial charge in [0.2, 0.25) is 0 Å². The summed E-state index contributed by atoms with van der Waals surface area (Å²) in [5.74, 6) is 0.142. The molecule has 8 heteroatoms. The smallest absolute Gasteiger partial charge is 0.263 e. The van der Waals surface area contributed by atoms with Crippen molar-refractivity contribution in [1.29, 1.82) is 5.26 Å². The van der Waals surface area contributed by atoms with Gasteiger partial charge in [-0.25, -0.2) is 13.4 Å². The highest BCUT2D eigenvalue weighted by molar-refractivity contribution is 9.10. The molecule has 1 aromatic carbocycles. The Bertz CT molecular complexity index is 803. The molecule has 1 N–H and O–H groups in total. The third kappa shape index (κ3) is 3.28. The minimum Gasteiger partial charge on any atom is -0.263 e. The zero-order valence-electron chi connectivity index (χ0n) is 9.84. The molecule has 2 aromatic rings. The van der Waals surface area contributed by atoms with Crippen molar-refractivity contribution in [2.24, 2.45) is 0 Å². The average molecular weight is 373 g/mol. The lowest BCUT2D eigenvalue weighted by Gasteiger charge is -2.09. The number of aromatic nitrogens is 1. The molecule has 102 valence electrons. The number of nitriles is 1. The van der Waals surface area contributed by atoms with Gasteiger partial charge in [0, 0.05) is 15.7 Å². The van der Waals surface area contributed by atoms with Crippen molar-refractivity contribution in [2.75, 3.05) is 4.72 Å². The van der Waals surface area contributed by atoms with E-state index in [0.717, 1.165) is 0 Å². The van der Waals surface area contributed by atoms with Gasteiger partial charge in [-0.05, 0) is 30.3 Å². The number of hydrogen-bond donors (Lipinski definition) is 1. The maximum Gasteiger partial charge on any atom is 0.264 e. The van der Waals surface area contributed by atoms with Gasteiger partial charge in [0.15, 0.2) is 0 Å². The van der Waals surface area contributed by atoms with E-state index in [2.05, 4.69) is 25.6 Å². The summed E-state index contributed by atoms with van der Waals surface area (Å²) in [7, 11) is -3.94.